The van der Waals surface area contributed by atoms with Gasteiger partial charge in [0, 0.05) is 18.6 Å². The number of sulfonamides is 1. The second-order valence-corrected chi connectivity index (χ2v) is 7.62. The van der Waals surface area contributed by atoms with Gasteiger partial charge in [0.15, 0.2) is 0 Å². The molecule has 1 aromatic carbocycles. The molecule has 0 aliphatic carbocycles. The highest BCUT2D eigenvalue weighted by atomic mass is 32.2. The quantitative estimate of drug-likeness (QED) is 0.921. The van der Waals surface area contributed by atoms with Gasteiger partial charge >= 0.3 is 6.18 Å². The summed E-state index contributed by atoms with van der Waals surface area (Å²) in [6, 6.07) is 4.17. The number of halogens is 3. The number of rotatable bonds is 3. The van der Waals surface area contributed by atoms with Gasteiger partial charge in [-0.05, 0) is 31.4 Å². The maximum atomic E-state index is 12.7. The third kappa shape index (κ3) is 3.99. The number of nitrogens with zero attached hydrogens (tertiary/aromatic N) is 1. The van der Waals surface area contributed by atoms with Crippen molar-refractivity contribution in [2.45, 2.75) is 43.8 Å². The van der Waals surface area contributed by atoms with Gasteiger partial charge in [0.1, 0.15) is 0 Å². The van der Waals surface area contributed by atoms with Crippen molar-refractivity contribution in [3.8, 4) is 0 Å². The SMILES string of the molecule is C[C@H]1C[C@@H](N)CCN1S(=O)(=O)Cc1cccc(C(F)(F)F)c1. The van der Waals surface area contributed by atoms with E-state index in [1.54, 1.807) is 6.92 Å². The van der Waals surface area contributed by atoms with E-state index in [9.17, 15) is 21.6 Å². The Morgan fingerprint density at radius 1 is 1.36 bits per heavy atom. The van der Waals surface area contributed by atoms with E-state index in [4.69, 9.17) is 5.73 Å². The van der Waals surface area contributed by atoms with Crippen LogP contribution in [0.15, 0.2) is 24.3 Å². The average molecular weight is 336 g/mol. The molecule has 0 spiro atoms. The summed E-state index contributed by atoms with van der Waals surface area (Å²) in [4.78, 5) is 0. The summed E-state index contributed by atoms with van der Waals surface area (Å²) in [5, 5.41) is 0. The monoisotopic (exact) mass is 336 g/mol. The first-order chi connectivity index (χ1) is 10.1. The molecule has 2 atom stereocenters. The van der Waals surface area contributed by atoms with Gasteiger partial charge in [-0.15, -0.1) is 0 Å². The standard InChI is InChI=1S/C14H19F3N2O2S/c1-10-7-13(18)5-6-19(10)22(20,21)9-11-3-2-4-12(8-11)14(15,16)17/h2-4,8,10,13H,5-7,9,18H2,1H3/t10-,13-/m0/s1. The molecule has 8 heteroatoms. The van der Waals surface area contributed by atoms with Crippen LogP contribution < -0.4 is 5.73 Å². The lowest BCUT2D eigenvalue weighted by Crippen LogP contribution is -2.48. The molecule has 1 aromatic rings. The number of hydrogen-bond acceptors (Lipinski definition) is 3. The first-order valence-electron chi connectivity index (χ1n) is 7.01. The van der Waals surface area contributed by atoms with Crippen molar-refractivity contribution >= 4 is 10.0 Å². The Morgan fingerprint density at radius 2 is 2.05 bits per heavy atom. The first kappa shape index (κ1) is 17.2. The highest BCUT2D eigenvalue weighted by Gasteiger charge is 2.34. The highest BCUT2D eigenvalue weighted by Crippen LogP contribution is 2.30. The normalized spacial score (nSPS) is 24.4. The fourth-order valence-electron chi connectivity index (χ4n) is 2.73. The molecule has 2 rings (SSSR count). The van der Waals surface area contributed by atoms with Crippen molar-refractivity contribution in [2.24, 2.45) is 5.73 Å². The molecule has 0 bridgehead atoms. The molecule has 1 heterocycles. The zero-order valence-electron chi connectivity index (χ0n) is 12.2. The van der Waals surface area contributed by atoms with E-state index >= 15 is 0 Å². The molecule has 4 nitrogen and oxygen atoms in total. The van der Waals surface area contributed by atoms with Crippen LogP contribution in [0.5, 0.6) is 0 Å². The zero-order chi connectivity index (χ0) is 16.5. The molecule has 124 valence electrons. The van der Waals surface area contributed by atoms with Gasteiger partial charge in [-0.25, -0.2) is 8.42 Å². The molecule has 0 unspecified atom stereocenters. The Balaban J connectivity index is 2.19. The molecule has 22 heavy (non-hydrogen) atoms. The fraction of sp³-hybridized carbons (Fsp3) is 0.571. The smallest absolute Gasteiger partial charge is 0.328 e. The van der Waals surface area contributed by atoms with E-state index in [-0.39, 0.29) is 17.6 Å². The van der Waals surface area contributed by atoms with E-state index in [0.29, 0.717) is 19.4 Å². The molecule has 1 fully saturated rings. The lowest BCUT2D eigenvalue weighted by atomic mass is 10.0. The van der Waals surface area contributed by atoms with Gasteiger partial charge in [-0.2, -0.15) is 17.5 Å². The van der Waals surface area contributed by atoms with E-state index in [1.807, 2.05) is 0 Å². The molecule has 1 aliphatic heterocycles. The van der Waals surface area contributed by atoms with Gasteiger partial charge in [-0.3, -0.25) is 0 Å². The van der Waals surface area contributed by atoms with Crippen LogP contribution in [0.2, 0.25) is 0 Å². The first-order valence-corrected chi connectivity index (χ1v) is 8.62. The lowest BCUT2D eigenvalue weighted by molar-refractivity contribution is -0.137. The Hall–Kier alpha value is -1.12. The molecule has 2 N–H and O–H groups in total. The van der Waals surface area contributed by atoms with E-state index in [1.165, 1.54) is 16.4 Å². The largest absolute Gasteiger partial charge is 0.416 e. The van der Waals surface area contributed by atoms with Gasteiger partial charge in [-0.1, -0.05) is 18.2 Å². The van der Waals surface area contributed by atoms with E-state index in [0.717, 1.165) is 12.1 Å². The second-order valence-electron chi connectivity index (χ2n) is 5.70. The summed E-state index contributed by atoms with van der Waals surface area (Å²) in [7, 11) is -3.66. The number of piperidine rings is 1. The summed E-state index contributed by atoms with van der Waals surface area (Å²) in [6.07, 6.45) is -3.36. The predicted octanol–water partition coefficient (Wildman–Crippen LogP) is 2.35. The van der Waals surface area contributed by atoms with Crippen molar-refractivity contribution in [3.05, 3.63) is 35.4 Å². The summed E-state index contributed by atoms with van der Waals surface area (Å²) in [5.41, 5.74) is 5.10. The average Bonchev–Trinajstić information content (AvgIpc) is 2.36. The van der Waals surface area contributed by atoms with Crippen LogP contribution in [0.4, 0.5) is 13.2 Å². The van der Waals surface area contributed by atoms with Crippen molar-refractivity contribution in [2.75, 3.05) is 6.54 Å². The minimum atomic E-state index is -4.48. The van der Waals surface area contributed by atoms with Crippen molar-refractivity contribution in [1.29, 1.82) is 0 Å². The fourth-order valence-corrected chi connectivity index (χ4v) is 4.52. The summed E-state index contributed by atoms with van der Waals surface area (Å²) >= 11 is 0. The predicted molar refractivity (Wildman–Crippen MR) is 77.4 cm³/mol. The van der Waals surface area contributed by atoms with Crippen LogP contribution in [-0.2, 0) is 22.0 Å². The highest BCUT2D eigenvalue weighted by molar-refractivity contribution is 7.88. The number of nitrogens with two attached hydrogens (primary N) is 1. The summed E-state index contributed by atoms with van der Waals surface area (Å²) in [6.45, 7) is 2.08. The van der Waals surface area contributed by atoms with Crippen LogP contribution in [0, 0.1) is 0 Å². The van der Waals surface area contributed by atoms with E-state index < -0.39 is 27.5 Å². The molecular weight excluding hydrogens is 317 g/mol. The molecule has 1 aliphatic rings. The topological polar surface area (TPSA) is 63.4 Å². The Morgan fingerprint density at radius 3 is 2.64 bits per heavy atom. The molecule has 1 saturated heterocycles. The van der Waals surface area contributed by atoms with Crippen LogP contribution in [0.1, 0.15) is 30.9 Å². The van der Waals surface area contributed by atoms with Crippen LogP contribution in [0.25, 0.3) is 0 Å². The Bertz CT molecular complexity index is 631. The van der Waals surface area contributed by atoms with Crippen molar-refractivity contribution < 1.29 is 21.6 Å². The van der Waals surface area contributed by atoms with Gasteiger partial charge in [0.25, 0.3) is 0 Å². The minimum absolute atomic E-state index is 0.0324. The molecular formula is C14H19F3N2O2S. The van der Waals surface area contributed by atoms with Gasteiger partial charge in [0.2, 0.25) is 10.0 Å². The molecule has 0 aromatic heterocycles. The summed E-state index contributed by atoms with van der Waals surface area (Å²) < 4.78 is 64.3. The second kappa shape index (κ2) is 6.17. The van der Waals surface area contributed by atoms with Crippen LogP contribution >= 0.6 is 0 Å². The Kier molecular flexibility index (Phi) is 4.84. The number of alkyl halides is 3. The van der Waals surface area contributed by atoms with Crippen LogP contribution in [-0.4, -0.2) is 31.4 Å². The van der Waals surface area contributed by atoms with Gasteiger partial charge < -0.3 is 5.73 Å². The lowest BCUT2D eigenvalue weighted by Gasteiger charge is -2.35. The molecule has 0 radical (unpaired) electrons. The number of hydrogen-bond donors (Lipinski definition) is 1. The minimum Gasteiger partial charge on any atom is -0.328 e. The van der Waals surface area contributed by atoms with Crippen LogP contribution in [0.3, 0.4) is 0 Å². The Labute approximate surface area is 128 Å². The maximum absolute atomic E-state index is 12.7. The van der Waals surface area contributed by atoms with Crippen molar-refractivity contribution in [3.63, 3.8) is 0 Å². The molecule has 0 amide bonds. The van der Waals surface area contributed by atoms with E-state index in [2.05, 4.69) is 0 Å². The maximum Gasteiger partial charge on any atom is 0.416 e. The third-order valence-corrected chi connectivity index (χ3v) is 5.77. The van der Waals surface area contributed by atoms with Gasteiger partial charge in [0.05, 0.1) is 11.3 Å². The third-order valence-electron chi connectivity index (χ3n) is 3.82. The molecule has 0 saturated carbocycles. The number of benzene rings is 1. The zero-order valence-corrected chi connectivity index (χ0v) is 13.0. The summed E-state index contributed by atoms with van der Waals surface area (Å²) in [5.74, 6) is -0.434. The van der Waals surface area contributed by atoms with Crippen molar-refractivity contribution in [1.82, 2.24) is 4.31 Å².